The molecule has 0 saturated carbocycles. The zero-order valence-corrected chi connectivity index (χ0v) is 10.3. The second-order valence-corrected chi connectivity index (χ2v) is 4.81. The largest absolute Gasteiger partial charge is 0.454 e. The van der Waals surface area contributed by atoms with E-state index in [2.05, 4.69) is 10.2 Å². The number of anilines is 1. The Morgan fingerprint density at radius 2 is 2.11 bits per heavy atom. The van der Waals surface area contributed by atoms with Crippen molar-refractivity contribution in [2.75, 3.05) is 12.5 Å². The molecule has 18 heavy (non-hydrogen) atoms. The van der Waals surface area contributed by atoms with Gasteiger partial charge in [0, 0.05) is 0 Å². The third-order valence-electron chi connectivity index (χ3n) is 2.41. The molecule has 0 saturated heterocycles. The average molecular weight is 265 g/mol. The van der Waals surface area contributed by atoms with Crippen LogP contribution in [0.5, 0.6) is 11.5 Å². The van der Waals surface area contributed by atoms with E-state index in [1.165, 1.54) is 11.3 Å². The number of benzene rings is 1. The number of hydrogen-bond acceptors (Lipinski definition) is 7. The summed E-state index contributed by atoms with van der Waals surface area (Å²) in [4.78, 5) is 0. The van der Waals surface area contributed by atoms with Gasteiger partial charge in [-0.1, -0.05) is 17.4 Å². The van der Waals surface area contributed by atoms with Crippen molar-refractivity contribution in [3.05, 3.63) is 28.8 Å². The second-order valence-electron chi connectivity index (χ2n) is 3.71. The molecule has 0 amide bonds. The van der Waals surface area contributed by atoms with Gasteiger partial charge in [0.2, 0.25) is 11.9 Å². The minimum atomic E-state index is 0.281. The van der Waals surface area contributed by atoms with E-state index < -0.39 is 0 Å². The van der Waals surface area contributed by atoms with E-state index in [9.17, 15) is 0 Å². The van der Waals surface area contributed by atoms with Crippen molar-refractivity contribution in [3.8, 4) is 11.5 Å². The van der Waals surface area contributed by atoms with Crippen LogP contribution in [0.25, 0.3) is 0 Å². The number of hydrogen-bond donors (Lipinski definition) is 1. The molecule has 6 nitrogen and oxygen atoms in total. The third kappa shape index (κ3) is 2.36. The normalized spacial score (nSPS) is 12.9. The fourth-order valence-corrected chi connectivity index (χ4v) is 2.16. The Morgan fingerprint density at radius 3 is 2.94 bits per heavy atom. The standard InChI is InChI=1S/C11H11N3O3S/c12-11-14-13-10(18-11)5-15-4-7-1-2-8-9(3-7)17-6-16-8/h1-3H,4-6H2,(H2,12,14). The molecule has 2 heterocycles. The van der Waals surface area contributed by atoms with Gasteiger partial charge in [0.15, 0.2) is 11.5 Å². The first-order valence-electron chi connectivity index (χ1n) is 5.35. The summed E-state index contributed by atoms with van der Waals surface area (Å²) < 4.78 is 16.1. The molecule has 1 aliphatic heterocycles. The van der Waals surface area contributed by atoms with Gasteiger partial charge >= 0.3 is 0 Å². The van der Waals surface area contributed by atoms with Crippen LogP contribution in [0, 0.1) is 0 Å². The van der Waals surface area contributed by atoms with Gasteiger partial charge in [0.05, 0.1) is 6.61 Å². The summed E-state index contributed by atoms with van der Waals surface area (Å²) in [6, 6.07) is 5.74. The van der Waals surface area contributed by atoms with Crippen LogP contribution in [-0.4, -0.2) is 17.0 Å². The van der Waals surface area contributed by atoms with Crippen LogP contribution in [0.15, 0.2) is 18.2 Å². The number of ether oxygens (including phenoxy) is 3. The van der Waals surface area contributed by atoms with Crippen molar-refractivity contribution < 1.29 is 14.2 Å². The molecule has 0 atom stereocenters. The SMILES string of the molecule is Nc1nnc(COCc2ccc3c(c2)OCO3)s1. The van der Waals surface area contributed by atoms with Crippen LogP contribution < -0.4 is 15.2 Å². The van der Waals surface area contributed by atoms with Crippen LogP contribution >= 0.6 is 11.3 Å². The molecule has 0 bridgehead atoms. The highest BCUT2D eigenvalue weighted by atomic mass is 32.1. The number of nitrogens with zero attached hydrogens (tertiary/aromatic N) is 2. The van der Waals surface area contributed by atoms with Crippen LogP contribution in [0.4, 0.5) is 5.13 Å². The van der Waals surface area contributed by atoms with E-state index in [0.717, 1.165) is 22.1 Å². The van der Waals surface area contributed by atoms with Crippen LogP contribution in [0.1, 0.15) is 10.6 Å². The van der Waals surface area contributed by atoms with Gasteiger partial charge < -0.3 is 19.9 Å². The van der Waals surface area contributed by atoms with Gasteiger partial charge in [-0.2, -0.15) is 0 Å². The van der Waals surface area contributed by atoms with Crippen molar-refractivity contribution in [2.45, 2.75) is 13.2 Å². The highest BCUT2D eigenvalue weighted by Gasteiger charge is 2.13. The Hall–Kier alpha value is -1.86. The number of rotatable bonds is 4. The molecule has 0 radical (unpaired) electrons. The van der Waals surface area contributed by atoms with E-state index in [1.54, 1.807) is 0 Å². The molecule has 0 aliphatic carbocycles. The first kappa shape index (κ1) is 11.2. The fourth-order valence-electron chi connectivity index (χ4n) is 1.61. The highest BCUT2D eigenvalue weighted by Crippen LogP contribution is 2.32. The Labute approximate surface area is 107 Å². The molecule has 0 fully saturated rings. The molecule has 0 spiro atoms. The topological polar surface area (TPSA) is 79.5 Å². The first-order valence-corrected chi connectivity index (χ1v) is 6.17. The predicted octanol–water partition coefficient (Wildman–Crippen LogP) is 1.57. The van der Waals surface area contributed by atoms with Gasteiger partial charge in [-0.3, -0.25) is 0 Å². The quantitative estimate of drug-likeness (QED) is 0.903. The van der Waals surface area contributed by atoms with Gasteiger partial charge in [0.1, 0.15) is 11.6 Å². The maximum Gasteiger partial charge on any atom is 0.231 e. The summed E-state index contributed by atoms with van der Waals surface area (Å²) in [6.45, 7) is 1.17. The Bertz CT molecular complexity index is 558. The van der Waals surface area contributed by atoms with Gasteiger partial charge in [-0.05, 0) is 17.7 Å². The molecule has 7 heteroatoms. The summed E-state index contributed by atoms with van der Waals surface area (Å²) in [5.41, 5.74) is 6.51. The van der Waals surface area contributed by atoms with Gasteiger partial charge in [-0.15, -0.1) is 10.2 Å². The van der Waals surface area contributed by atoms with Gasteiger partial charge in [-0.25, -0.2) is 0 Å². The van der Waals surface area contributed by atoms with Crippen LogP contribution in [0.3, 0.4) is 0 Å². The summed E-state index contributed by atoms with van der Waals surface area (Å²) in [5, 5.41) is 8.82. The molecule has 1 aliphatic rings. The minimum Gasteiger partial charge on any atom is -0.454 e. The van der Waals surface area contributed by atoms with E-state index in [0.29, 0.717) is 18.3 Å². The van der Waals surface area contributed by atoms with Crippen molar-refractivity contribution >= 4 is 16.5 Å². The zero-order valence-electron chi connectivity index (χ0n) is 9.46. The maximum absolute atomic E-state index is 5.53. The third-order valence-corrected chi connectivity index (χ3v) is 3.14. The lowest BCUT2D eigenvalue weighted by Gasteiger charge is -2.03. The second kappa shape index (κ2) is 4.79. The molecular formula is C11H11N3O3S. The van der Waals surface area contributed by atoms with Crippen LogP contribution in [0.2, 0.25) is 0 Å². The highest BCUT2D eigenvalue weighted by molar-refractivity contribution is 7.15. The van der Waals surface area contributed by atoms with E-state index in [4.69, 9.17) is 19.9 Å². The minimum absolute atomic E-state index is 0.281. The first-order chi connectivity index (χ1) is 8.81. The zero-order chi connectivity index (χ0) is 12.4. The monoisotopic (exact) mass is 265 g/mol. The molecular weight excluding hydrogens is 254 g/mol. The lowest BCUT2D eigenvalue weighted by Crippen LogP contribution is -1.94. The molecule has 2 N–H and O–H groups in total. The Balaban J connectivity index is 1.57. The van der Waals surface area contributed by atoms with Crippen molar-refractivity contribution in [1.82, 2.24) is 10.2 Å². The van der Waals surface area contributed by atoms with E-state index >= 15 is 0 Å². The van der Waals surface area contributed by atoms with Crippen LogP contribution in [-0.2, 0) is 18.0 Å². The number of fused-ring (bicyclic) bond motifs is 1. The summed E-state index contributed by atoms with van der Waals surface area (Å²) in [7, 11) is 0. The maximum atomic E-state index is 5.53. The lowest BCUT2D eigenvalue weighted by molar-refractivity contribution is 0.106. The summed E-state index contributed by atoms with van der Waals surface area (Å²) in [6.07, 6.45) is 0. The molecule has 1 aromatic heterocycles. The van der Waals surface area contributed by atoms with Crippen molar-refractivity contribution in [3.63, 3.8) is 0 Å². The summed E-state index contributed by atoms with van der Waals surface area (Å²) in [5.74, 6) is 1.53. The average Bonchev–Trinajstić information content (AvgIpc) is 2.97. The lowest BCUT2D eigenvalue weighted by atomic mass is 10.2. The number of aromatic nitrogens is 2. The predicted molar refractivity (Wildman–Crippen MR) is 65.4 cm³/mol. The molecule has 2 aromatic rings. The van der Waals surface area contributed by atoms with Crippen molar-refractivity contribution in [1.29, 1.82) is 0 Å². The molecule has 0 unspecified atom stereocenters. The number of nitrogen functional groups attached to an aromatic ring is 1. The Kier molecular flexibility index (Phi) is 2.99. The molecule has 3 rings (SSSR count). The summed E-state index contributed by atoms with van der Waals surface area (Å²) >= 11 is 1.33. The smallest absolute Gasteiger partial charge is 0.231 e. The van der Waals surface area contributed by atoms with Crippen molar-refractivity contribution in [2.24, 2.45) is 0 Å². The molecule has 94 valence electrons. The number of nitrogens with two attached hydrogens (primary N) is 1. The fraction of sp³-hybridized carbons (Fsp3) is 0.273. The molecule has 1 aromatic carbocycles. The van der Waals surface area contributed by atoms with E-state index in [-0.39, 0.29) is 6.79 Å². The van der Waals surface area contributed by atoms with Gasteiger partial charge in [0.25, 0.3) is 0 Å². The Morgan fingerprint density at radius 1 is 1.22 bits per heavy atom. The van der Waals surface area contributed by atoms with E-state index in [1.807, 2.05) is 18.2 Å².